The lowest BCUT2D eigenvalue weighted by Crippen LogP contribution is -2.25. The highest BCUT2D eigenvalue weighted by Crippen LogP contribution is 2.21. The molecular formula is C14H17N3OS2. The van der Waals surface area contributed by atoms with E-state index < -0.39 is 10.8 Å². The molecule has 0 radical (unpaired) electrons. The molecule has 1 heterocycles. The molecule has 2 aromatic rings. The van der Waals surface area contributed by atoms with Crippen molar-refractivity contribution >= 4 is 44.7 Å². The maximum atomic E-state index is 11.3. The van der Waals surface area contributed by atoms with Crippen LogP contribution in [0.3, 0.4) is 0 Å². The van der Waals surface area contributed by atoms with Crippen LogP contribution in [-0.4, -0.2) is 32.2 Å². The summed E-state index contributed by atoms with van der Waals surface area (Å²) in [5, 5.41) is 4.24. The lowest BCUT2D eigenvalue weighted by Gasteiger charge is -2.16. The summed E-state index contributed by atoms with van der Waals surface area (Å²) in [4.78, 5) is 4.87. The number of nitrogens with one attached hydrogen (secondary N) is 1. The van der Waals surface area contributed by atoms with E-state index in [1.165, 1.54) is 0 Å². The molecule has 106 valence electrons. The van der Waals surface area contributed by atoms with Gasteiger partial charge in [-0.05, 0) is 19.1 Å². The Morgan fingerprint density at radius 3 is 2.85 bits per heavy atom. The monoisotopic (exact) mass is 307 g/mol. The molecule has 6 heteroatoms. The number of aromatic nitrogens is 1. The standard InChI is InChI=1S/C14H17N3OS2/c1-9(8-20(2)18)16-14-11(13(15)19)7-10-5-3-4-6-12(10)17-14/h3-7,9H,8H2,1-2H3,(H2,15,19)(H,16,17). The fourth-order valence-corrected chi connectivity index (χ4v) is 2.98. The van der Waals surface area contributed by atoms with Gasteiger partial charge in [-0.3, -0.25) is 4.21 Å². The maximum Gasteiger partial charge on any atom is 0.137 e. The van der Waals surface area contributed by atoms with Crippen LogP contribution in [0.2, 0.25) is 0 Å². The van der Waals surface area contributed by atoms with Crippen molar-refractivity contribution in [3.8, 4) is 0 Å². The number of hydrogen-bond acceptors (Lipinski definition) is 4. The van der Waals surface area contributed by atoms with Gasteiger partial charge in [-0.2, -0.15) is 0 Å². The third-order valence-corrected chi connectivity index (χ3v) is 4.05. The Hall–Kier alpha value is -1.53. The first-order chi connectivity index (χ1) is 9.47. The summed E-state index contributed by atoms with van der Waals surface area (Å²) in [5.41, 5.74) is 7.36. The Morgan fingerprint density at radius 2 is 2.20 bits per heavy atom. The molecular weight excluding hydrogens is 290 g/mol. The number of anilines is 1. The quantitative estimate of drug-likeness (QED) is 0.828. The van der Waals surface area contributed by atoms with Crippen LogP contribution in [0.25, 0.3) is 10.9 Å². The minimum Gasteiger partial charge on any atom is -0.389 e. The second-order valence-corrected chi connectivity index (χ2v) is 6.65. The van der Waals surface area contributed by atoms with Gasteiger partial charge >= 0.3 is 0 Å². The van der Waals surface area contributed by atoms with Crippen LogP contribution in [0.4, 0.5) is 5.82 Å². The van der Waals surface area contributed by atoms with E-state index in [0.29, 0.717) is 22.1 Å². The number of nitrogens with two attached hydrogens (primary N) is 1. The number of thiocarbonyl (C=S) groups is 1. The third kappa shape index (κ3) is 3.52. The Morgan fingerprint density at radius 1 is 1.50 bits per heavy atom. The number of rotatable bonds is 5. The summed E-state index contributed by atoms with van der Waals surface area (Å²) in [6.45, 7) is 1.96. The molecule has 0 saturated carbocycles. The van der Waals surface area contributed by atoms with Gasteiger partial charge in [0.2, 0.25) is 0 Å². The smallest absolute Gasteiger partial charge is 0.137 e. The summed E-state index contributed by atoms with van der Waals surface area (Å²) in [5.74, 6) is 1.19. The lowest BCUT2D eigenvalue weighted by atomic mass is 10.1. The predicted molar refractivity (Wildman–Crippen MR) is 89.6 cm³/mol. The zero-order chi connectivity index (χ0) is 14.7. The molecule has 0 saturated heterocycles. The molecule has 1 aromatic carbocycles. The van der Waals surface area contributed by atoms with Crippen LogP contribution in [0.1, 0.15) is 12.5 Å². The van der Waals surface area contributed by atoms with Gasteiger partial charge in [0, 0.05) is 34.2 Å². The van der Waals surface area contributed by atoms with Gasteiger partial charge in [-0.25, -0.2) is 4.98 Å². The van der Waals surface area contributed by atoms with E-state index in [9.17, 15) is 4.21 Å². The first kappa shape index (κ1) is 14.9. The summed E-state index contributed by atoms with van der Waals surface area (Å²) < 4.78 is 11.3. The number of para-hydroxylation sites is 1. The topological polar surface area (TPSA) is 68.0 Å². The first-order valence-electron chi connectivity index (χ1n) is 6.23. The molecule has 2 unspecified atom stereocenters. The zero-order valence-electron chi connectivity index (χ0n) is 11.4. The van der Waals surface area contributed by atoms with Gasteiger partial charge in [-0.1, -0.05) is 30.4 Å². The van der Waals surface area contributed by atoms with Crippen LogP contribution in [-0.2, 0) is 10.8 Å². The van der Waals surface area contributed by atoms with E-state index >= 15 is 0 Å². The van der Waals surface area contributed by atoms with E-state index in [2.05, 4.69) is 10.3 Å². The van der Waals surface area contributed by atoms with Crippen molar-refractivity contribution in [1.82, 2.24) is 4.98 Å². The predicted octanol–water partition coefficient (Wildman–Crippen LogP) is 2.05. The second-order valence-electron chi connectivity index (χ2n) is 4.73. The lowest BCUT2D eigenvalue weighted by molar-refractivity contribution is 0.683. The van der Waals surface area contributed by atoms with Gasteiger partial charge in [0.1, 0.15) is 10.8 Å². The fraction of sp³-hybridized carbons (Fsp3) is 0.286. The molecule has 2 rings (SSSR count). The van der Waals surface area contributed by atoms with Crippen LogP contribution in [0.5, 0.6) is 0 Å². The SMILES string of the molecule is CC(CS(C)=O)Nc1nc2ccccc2cc1C(N)=S. The first-order valence-corrected chi connectivity index (χ1v) is 8.37. The van der Waals surface area contributed by atoms with E-state index in [1.807, 2.05) is 37.3 Å². The van der Waals surface area contributed by atoms with E-state index in [1.54, 1.807) is 6.26 Å². The highest BCUT2D eigenvalue weighted by Gasteiger charge is 2.12. The number of benzene rings is 1. The summed E-state index contributed by atoms with van der Waals surface area (Å²) >= 11 is 5.09. The average molecular weight is 307 g/mol. The summed E-state index contributed by atoms with van der Waals surface area (Å²) in [6, 6.07) is 9.75. The minimum absolute atomic E-state index is 0.0302. The Labute approximate surface area is 126 Å². The van der Waals surface area contributed by atoms with Crippen LogP contribution in [0.15, 0.2) is 30.3 Å². The molecule has 4 nitrogen and oxygen atoms in total. The van der Waals surface area contributed by atoms with Gasteiger partial charge in [0.05, 0.1) is 11.1 Å². The maximum absolute atomic E-state index is 11.3. The minimum atomic E-state index is -0.868. The molecule has 20 heavy (non-hydrogen) atoms. The number of hydrogen-bond donors (Lipinski definition) is 2. The van der Waals surface area contributed by atoms with Crippen molar-refractivity contribution in [1.29, 1.82) is 0 Å². The van der Waals surface area contributed by atoms with Gasteiger partial charge in [0.25, 0.3) is 0 Å². The zero-order valence-corrected chi connectivity index (χ0v) is 13.1. The van der Waals surface area contributed by atoms with Gasteiger partial charge in [0.15, 0.2) is 0 Å². The molecule has 0 fully saturated rings. The molecule has 3 N–H and O–H groups in total. The normalized spacial score (nSPS) is 13.9. The van der Waals surface area contributed by atoms with E-state index in [4.69, 9.17) is 18.0 Å². The van der Waals surface area contributed by atoms with Crippen molar-refractivity contribution in [2.45, 2.75) is 13.0 Å². The highest BCUT2D eigenvalue weighted by atomic mass is 32.2. The Balaban J connectivity index is 2.41. The van der Waals surface area contributed by atoms with Crippen molar-refractivity contribution in [2.75, 3.05) is 17.3 Å². The van der Waals surface area contributed by atoms with Crippen LogP contribution in [0, 0.1) is 0 Å². The molecule has 0 amide bonds. The molecule has 0 aliphatic carbocycles. The van der Waals surface area contributed by atoms with E-state index in [0.717, 1.165) is 10.9 Å². The molecule has 0 spiro atoms. The number of nitrogens with zero attached hydrogens (tertiary/aromatic N) is 1. The van der Waals surface area contributed by atoms with Crippen molar-refractivity contribution in [3.05, 3.63) is 35.9 Å². The second kappa shape index (κ2) is 6.28. The van der Waals surface area contributed by atoms with Gasteiger partial charge < -0.3 is 11.1 Å². The van der Waals surface area contributed by atoms with Crippen molar-refractivity contribution < 1.29 is 4.21 Å². The van der Waals surface area contributed by atoms with Crippen molar-refractivity contribution in [2.24, 2.45) is 5.73 Å². The molecule has 2 atom stereocenters. The molecule has 0 bridgehead atoms. The molecule has 0 aliphatic rings. The summed E-state index contributed by atoms with van der Waals surface area (Å²) in [7, 11) is -0.868. The highest BCUT2D eigenvalue weighted by molar-refractivity contribution is 7.84. The van der Waals surface area contributed by atoms with Crippen LogP contribution >= 0.6 is 12.2 Å². The average Bonchev–Trinajstić information content (AvgIpc) is 2.36. The molecule has 1 aromatic heterocycles. The third-order valence-electron chi connectivity index (χ3n) is 2.86. The fourth-order valence-electron chi connectivity index (χ4n) is 2.04. The molecule has 0 aliphatic heterocycles. The number of fused-ring (bicyclic) bond motifs is 1. The van der Waals surface area contributed by atoms with Crippen LogP contribution < -0.4 is 11.1 Å². The number of pyridine rings is 1. The summed E-state index contributed by atoms with van der Waals surface area (Å²) in [6.07, 6.45) is 1.68. The van der Waals surface area contributed by atoms with E-state index in [-0.39, 0.29) is 6.04 Å². The Bertz CT molecular complexity index is 673. The van der Waals surface area contributed by atoms with Crippen molar-refractivity contribution in [3.63, 3.8) is 0 Å². The van der Waals surface area contributed by atoms with Gasteiger partial charge in [-0.15, -0.1) is 0 Å². The largest absolute Gasteiger partial charge is 0.389 e. The Kier molecular flexibility index (Phi) is 4.67.